The monoisotopic (exact) mass is 155 g/mol. The Kier molecular flexibility index (Phi) is 2.94. The SMILES string of the molecule is CC[C@@H]1CCC(C)N1C(C)C. The average Bonchev–Trinajstić information content (AvgIpc) is 2.30. The molecule has 0 bridgehead atoms. The Hall–Kier alpha value is -0.0400. The molecule has 1 saturated heterocycles. The van der Waals surface area contributed by atoms with Gasteiger partial charge in [0.1, 0.15) is 0 Å². The molecule has 0 radical (unpaired) electrons. The van der Waals surface area contributed by atoms with E-state index in [4.69, 9.17) is 0 Å². The van der Waals surface area contributed by atoms with Crippen LogP contribution in [0.5, 0.6) is 0 Å². The van der Waals surface area contributed by atoms with E-state index in [0.717, 1.165) is 18.1 Å². The summed E-state index contributed by atoms with van der Waals surface area (Å²) in [5.74, 6) is 0. The van der Waals surface area contributed by atoms with Crippen molar-refractivity contribution in [2.75, 3.05) is 0 Å². The van der Waals surface area contributed by atoms with Gasteiger partial charge in [0.05, 0.1) is 0 Å². The molecule has 11 heavy (non-hydrogen) atoms. The Balaban J connectivity index is 2.56. The van der Waals surface area contributed by atoms with Gasteiger partial charge < -0.3 is 0 Å². The van der Waals surface area contributed by atoms with Crippen LogP contribution >= 0.6 is 0 Å². The van der Waals surface area contributed by atoms with Crippen molar-refractivity contribution in [1.82, 2.24) is 4.90 Å². The van der Waals surface area contributed by atoms with Crippen LogP contribution in [0.1, 0.15) is 47.0 Å². The summed E-state index contributed by atoms with van der Waals surface area (Å²) in [6, 6.07) is 2.42. The van der Waals surface area contributed by atoms with Gasteiger partial charge in [0, 0.05) is 18.1 Å². The van der Waals surface area contributed by atoms with Crippen molar-refractivity contribution in [3.05, 3.63) is 0 Å². The molecule has 0 spiro atoms. The molecule has 0 saturated carbocycles. The topological polar surface area (TPSA) is 3.24 Å². The number of hydrogen-bond donors (Lipinski definition) is 0. The lowest BCUT2D eigenvalue weighted by molar-refractivity contribution is 0.154. The van der Waals surface area contributed by atoms with Crippen LogP contribution in [-0.2, 0) is 0 Å². The van der Waals surface area contributed by atoms with E-state index in [1.807, 2.05) is 0 Å². The molecule has 1 heterocycles. The van der Waals surface area contributed by atoms with Crippen molar-refractivity contribution in [3.63, 3.8) is 0 Å². The summed E-state index contributed by atoms with van der Waals surface area (Å²) in [6.07, 6.45) is 4.13. The molecule has 1 nitrogen and oxygen atoms in total. The molecule has 0 aromatic heterocycles. The van der Waals surface area contributed by atoms with Gasteiger partial charge in [-0.3, -0.25) is 4.90 Å². The molecule has 2 atom stereocenters. The first-order valence-corrected chi connectivity index (χ1v) is 4.94. The minimum absolute atomic E-state index is 0.734. The van der Waals surface area contributed by atoms with E-state index in [1.165, 1.54) is 19.3 Å². The summed E-state index contributed by atoms with van der Waals surface area (Å²) in [5.41, 5.74) is 0. The van der Waals surface area contributed by atoms with E-state index < -0.39 is 0 Å². The zero-order valence-electron chi connectivity index (χ0n) is 8.30. The van der Waals surface area contributed by atoms with E-state index in [0.29, 0.717) is 0 Å². The van der Waals surface area contributed by atoms with Gasteiger partial charge in [-0.25, -0.2) is 0 Å². The van der Waals surface area contributed by atoms with Crippen molar-refractivity contribution >= 4 is 0 Å². The summed E-state index contributed by atoms with van der Waals surface area (Å²) in [7, 11) is 0. The molecule has 1 heteroatoms. The van der Waals surface area contributed by atoms with Crippen LogP contribution in [0.2, 0.25) is 0 Å². The van der Waals surface area contributed by atoms with Crippen LogP contribution in [0.25, 0.3) is 0 Å². The predicted octanol–water partition coefficient (Wildman–Crippen LogP) is 2.66. The highest BCUT2D eigenvalue weighted by Gasteiger charge is 2.30. The van der Waals surface area contributed by atoms with Gasteiger partial charge in [-0.05, 0) is 40.0 Å². The first-order chi connectivity index (χ1) is 5.16. The maximum atomic E-state index is 2.67. The third kappa shape index (κ3) is 1.76. The highest BCUT2D eigenvalue weighted by atomic mass is 15.2. The summed E-state index contributed by atoms with van der Waals surface area (Å²) in [4.78, 5) is 2.67. The van der Waals surface area contributed by atoms with E-state index >= 15 is 0 Å². The molecule has 0 aliphatic carbocycles. The lowest BCUT2D eigenvalue weighted by Crippen LogP contribution is -2.39. The molecule has 1 unspecified atom stereocenters. The minimum Gasteiger partial charge on any atom is -0.295 e. The van der Waals surface area contributed by atoms with Crippen molar-refractivity contribution < 1.29 is 0 Å². The van der Waals surface area contributed by atoms with Crippen LogP contribution in [-0.4, -0.2) is 23.0 Å². The maximum absolute atomic E-state index is 2.67. The highest BCUT2D eigenvalue weighted by molar-refractivity contribution is 4.86. The molecule has 1 aliphatic rings. The van der Waals surface area contributed by atoms with Crippen molar-refractivity contribution in [3.8, 4) is 0 Å². The smallest absolute Gasteiger partial charge is 0.00987 e. The maximum Gasteiger partial charge on any atom is 0.00987 e. The standard InChI is InChI=1S/C10H21N/c1-5-10-7-6-9(4)11(10)8(2)3/h8-10H,5-7H2,1-4H3/t9?,10-/m1/s1. The van der Waals surface area contributed by atoms with Gasteiger partial charge in [0.25, 0.3) is 0 Å². The van der Waals surface area contributed by atoms with Crippen LogP contribution in [0.3, 0.4) is 0 Å². The van der Waals surface area contributed by atoms with E-state index in [2.05, 4.69) is 32.6 Å². The number of nitrogens with zero attached hydrogens (tertiary/aromatic N) is 1. The van der Waals surface area contributed by atoms with Gasteiger partial charge in [0.2, 0.25) is 0 Å². The lowest BCUT2D eigenvalue weighted by atomic mass is 10.1. The van der Waals surface area contributed by atoms with Gasteiger partial charge in [0.15, 0.2) is 0 Å². The Morgan fingerprint density at radius 2 is 2.00 bits per heavy atom. The van der Waals surface area contributed by atoms with Crippen LogP contribution in [0, 0.1) is 0 Å². The van der Waals surface area contributed by atoms with Crippen molar-refractivity contribution in [2.24, 2.45) is 0 Å². The zero-order valence-corrected chi connectivity index (χ0v) is 8.30. The normalized spacial score (nSPS) is 33.5. The second kappa shape index (κ2) is 3.57. The Morgan fingerprint density at radius 3 is 2.36 bits per heavy atom. The molecule has 1 fully saturated rings. The van der Waals surface area contributed by atoms with Crippen LogP contribution in [0.4, 0.5) is 0 Å². The quantitative estimate of drug-likeness (QED) is 0.592. The average molecular weight is 155 g/mol. The molecular weight excluding hydrogens is 134 g/mol. The second-order valence-electron chi connectivity index (χ2n) is 4.03. The molecular formula is C10H21N. The van der Waals surface area contributed by atoms with Crippen LogP contribution in [0.15, 0.2) is 0 Å². The summed E-state index contributed by atoms with van der Waals surface area (Å²) in [6.45, 7) is 9.28. The fourth-order valence-corrected chi connectivity index (χ4v) is 2.44. The third-order valence-corrected chi connectivity index (χ3v) is 2.92. The molecule has 0 amide bonds. The molecule has 0 N–H and O–H groups in total. The number of likely N-dealkylation sites (tertiary alicyclic amines) is 1. The first-order valence-electron chi connectivity index (χ1n) is 4.94. The summed E-state index contributed by atoms with van der Waals surface area (Å²) < 4.78 is 0. The van der Waals surface area contributed by atoms with E-state index in [1.54, 1.807) is 0 Å². The predicted molar refractivity (Wildman–Crippen MR) is 49.8 cm³/mol. The Morgan fingerprint density at radius 1 is 1.36 bits per heavy atom. The number of rotatable bonds is 2. The molecule has 0 aromatic rings. The first kappa shape index (κ1) is 9.05. The van der Waals surface area contributed by atoms with E-state index in [-0.39, 0.29) is 0 Å². The minimum atomic E-state index is 0.734. The Labute approximate surface area is 70.8 Å². The fourth-order valence-electron chi connectivity index (χ4n) is 2.44. The third-order valence-electron chi connectivity index (χ3n) is 2.92. The van der Waals surface area contributed by atoms with Crippen LogP contribution < -0.4 is 0 Å². The fraction of sp³-hybridized carbons (Fsp3) is 1.00. The van der Waals surface area contributed by atoms with Crippen molar-refractivity contribution in [1.29, 1.82) is 0 Å². The largest absolute Gasteiger partial charge is 0.295 e. The Bertz CT molecular complexity index is 120. The molecule has 1 rings (SSSR count). The second-order valence-corrected chi connectivity index (χ2v) is 4.03. The molecule has 1 aliphatic heterocycles. The molecule has 0 aromatic carbocycles. The number of hydrogen-bond acceptors (Lipinski definition) is 1. The summed E-state index contributed by atoms with van der Waals surface area (Å²) in [5, 5.41) is 0. The van der Waals surface area contributed by atoms with Gasteiger partial charge in [-0.2, -0.15) is 0 Å². The zero-order chi connectivity index (χ0) is 8.43. The van der Waals surface area contributed by atoms with E-state index in [9.17, 15) is 0 Å². The van der Waals surface area contributed by atoms with Gasteiger partial charge in [-0.1, -0.05) is 6.92 Å². The lowest BCUT2D eigenvalue weighted by Gasteiger charge is -2.31. The van der Waals surface area contributed by atoms with Crippen molar-refractivity contribution in [2.45, 2.75) is 65.1 Å². The summed E-state index contributed by atoms with van der Waals surface area (Å²) >= 11 is 0. The molecule has 66 valence electrons. The van der Waals surface area contributed by atoms with Gasteiger partial charge in [-0.15, -0.1) is 0 Å². The highest BCUT2D eigenvalue weighted by Crippen LogP contribution is 2.27. The van der Waals surface area contributed by atoms with Gasteiger partial charge >= 0.3 is 0 Å².